The van der Waals surface area contributed by atoms with Gasteiger partial charge in [-0.05, 0) is 43.2 Å². The number of hydrogen-bond donors (Lipinski definition) is 2. The van der Waals surface area contributed by atoms with Crippen molar-refractivity contribution in [3.63, 3.8) is 0 Å². The van der Waals surface area contributed by atoms with E-state index in [0.29, 0.717) is 0 Å². The number of nitrogens with two attached hydrogens (primary N) is 1. The predicted octanol–water partition coefficient (Wildman–Crippen LogP) is 3.63. The lowest BCUT2D eigenvalue weighted by atomic mass is 10.1. The Balaban J connectivity index is 2.31. The smallest absolute Gasteiger partial charge is 0.0618 e. The van der Waals surface area contributed by atoms with Gasteiger partial charge in [-0.25, -0.2) is 0 Å². The molecule has 0 aromatic heterocycles. The van der Waals surface area contributed by atoms with E-state index in [4.69, 9.17) is 5.73 Å². The highest BCUT2D eigenvalue weighted by Gasteiger charge is 2.01. The number of nitrogen functional groups attached to an aromatic ring is 1. The normalized spacial score (nSPS) is 10.1. The molecule has 0 fully saturated rings. The summed E-state index contributed by atoms with van der Waals surface area (Å²) in [5.41, 5.74) is 11.2. The van der Waals surface area contributed by atoms with E-state index in [-0.39, 0.29) is 0 Å². The van der Waals surface area contributed by atoms with Crippen molar-refractivity contribution in [1.29, 1.82) is 0 Å². The average molecular weight is 212 g/mol. The molecule has 0 saturated heterocycles. The first kappa shape index (κ1) is 10.6. The van der Waals surface area contributed by atoms with Crippen molar-refractivity contribution in [2.75, 3.05) is 11.1 Å². The molecule has 0 amide bonds. The molecule has 0 aliphatic heterocycles. The summed E-state index contributed by atoms with van der Waals surface area (Å²) in [5.74, 6) is 0. The lowest BCUT2D eigenvalue weighted by Crippen LogP contribution is -1.97. The van der Waals surface area contributed by atoms with E-state index in [2.05, 4.69) is 30.4 Å². The monoisotopic (exact) mass is 212 g/mol. The molecule has 0 aliphatic rings. The molecule has 3 N–H and O–H groups in total. The van der Waals surface area contributed by atoms with Crippen LogP contribution < -0.4 is 11.1 Å². The van der Waals surface area contributed by atoms with Crippen LogP contribution >= 0.6 is 0 Å². The van der Waals surface area contributed by atoms with Crippen molar-refractivity contribution >= 4 is 17.1 Å². The van der Waals surface area contributed by atoms with Gasteiger partial charge in [0.2, 0.25) is 0 Å². The summed E-state index contributed by atoms with van der Waals surface area (Å²) in [6.07, 6.45) is 0. The Kier molecular flexibility index (Phi) is 2.82. The maximum atomic E-state index is 5.96. The van der Waals surface area contributed by atoms with Crippen LogP contribution in [0.1, 0.15) is 11.1 Å². The van der Waals surface area contributed by atoms with Crippen molar-refractivity contribution in [2.24, 2.45) is 0 Å². The summed E-state index contributed by atoms with van der Waals surface area (Å²) in [7, 11) is 0. The Morgan fingerprint density at radius 3 is 2.38 bits per heavy atom. The Labute approximate surface area is 96.1 Å². The molecule has 2 aromatic rings. The molecular weight excluding hydrogens is 196 g/mol. The number of hydrogen-bond acceptors (Lipinski definition) is 2. The molecular formula is C14H16N2. The highest BCUT2D eigenvalue weighted by Crippen LogP contribution is 2.25. The van der Waals surface area contributed by atoms with E-state index in [1.165, 1.54) is 11.1 Å². The molecule has 2 heteroatoms. The van der Waals surface area contributed by atoms with E-state index in [1.54, 1.807) is 0 Å². The highest BCUT2D eigenvalue weighted by molar-refractivity contribution is 5.74. The van der Waals surface area contributed by atoms with Crippen molar-refractivity contribution < 1.29 is 0 Å². The molecule has 0 bridgehead atoms. The summed E-state index contributed by atoms with van der Waals surface area (Å²) in [6.45, 7) is 4.11. The molecule has 0 atom stereocenters. The van der Waals surface area contributed by atoms with Crippen LogP contribution in [0.3, 0.4) is 0 Å². The minimum atomic E-state index is 0.781. The topological polar surface area (TPSA) is 38.0 Å². The fraction of sp³-hybridized carbons (Fsp3) is 0.143. The summed E-state index contributed by atoms with van der Waals surface area (Å²) in [6, 6.07) is 14.2. The van der Waals surface area contributed by atoms with Gasteiger partial charge in [-0.3, -0.25) is 0 Å². The van der Waals surface area contributed by atoms with Gasteiger partial charge >= 0.3 is 0 Å². The zero-order valence-electron chi connectivity index (χ0n) is 9.62. The van der Waals surface area contributed by atoms with E-state index in [0.717, 1.165) is 17.1 Å². The molecule has 0 aliphatic carbocycles. The third kappa shape index (κ3) is 2.16. The Morgan fingerprint density at radius 1 is 0.938 bits per heavy atom. The zero-order valence-corrected chi connectivity index (χ0v) is 9.62. The maximum absolute atomic E-state index is 5.96. The Hall–Kier alpha value is -1.96. The van der Waals surface area contributed by atoms with E-state index in [9.17, 15) is 0 Å². The van der Waals surface area contributed by atoms with Crippen LogP contribution in [0.5, 0.6) is 0 Å². The summed E-state index contributed by atoms with van der Waals surface area (Å²) in [4.78, 5) is 0. The second-order valence-electron chi connectivity index (χ2n) is 4.03. The fourth-order valence-electron chi connectivity index (χ4n) is 1.65. The summed E-state index contributed by atoms with van der Waals surface area (Å²) in [5, 5.41) is 3.34. The molecule has 0 spiro atoms. The molecule has 2 rings (SSSR count). The van der Waals surface area contributed by atoms with E-state index < -0.39 is 0 Å². The van der Waals surface area contributed by atoms with E-state index >= 15 is 0 Å². The van der Waals surface area contributed by atoms with Gasteiger partial charge < -0.3 is 11.1 Å². The van der Waals surface area contributed by atoms with Crippen LogP contribution in [-0.4, -0.2) is 0 Å². The minimum Gasteiger partial charge on any atom is -0.397 e. The lowest BCUT2D eigenvalue weighted by Gasteiger charge is -2.11. The molecule has 16 heavy (non-hydrogen) atoms. The lowest BCUT2D eigenvalue weighted by molar-refractivity contribution is 1.41. The number of nitrogens with one attached hydrogen (secondary N) is 1. The molecule has 0 unspecified atom stereocenters. The Bertz CT molecular complexity index is 504. The third-order valence-corrected chi connectivity index (χ3v) is 2.62. The van der Waals surface area contributed by atoms with Crippen LogP contribution in [0.15, 0.2) is 42.5 Å². The van der Waals surface area contributed by atoms with Crippen LogP contribution in [0.2, 0.25) is 0 Å². The van der Waals surface area contributed by atoms with Gasteiger partial charge in [0.05, 0.1) is 11.4 Å². The largest absolute Gasteiger partial charge is 0.397 e. The minimum absolute atomic E-state index is 0.781. The van der Waals surface area contributed by atoms with E-state index in [1.807, 2.05) is 31.2 Å². The highest BCUT2D eigenvalue weighted by atomic mass is 14.9. The third-order valence-electron chi connectivity index (χ3n) is 2.62. The number of aryl methyl sites for hydroxylation is 2. The van der Waals surface area contributed by atoms with Crippen molar-refractivity contribution in [2.45, 2.75) is 13.8 Å². The van der Waals surface area contributed by atoms with Crippen LogP contribution in [0, 0.1) is 13.8 Å². The molecule has 82 valence electrons. The SMILES string of the molecule is Cc1ccc(Nc2ccccc2C)c(N)c1. The van der Waals surface area contributed by atoms with Crippen molar-refractivity contribution in [3.8, 4) is 0 Å². The van der Waals surface area contributed by atoms with Gasteiger partial charge in [0.25, 0.3) is 0 Å². The van der Waals surface area contributed by atoms with Crippen molar-refractivity contribution in [3.05, 3.63) is 53.6 Å². The number of para-hydroxylation sites is 1. The second-order valence-corrected chi connectivity index (χ2v) is 4.03. The Morgan fingerprint density at radius 2 is 1.69 bits per heavy atom. The van der Waals surface area contributed by atoms with Gasteiger partial charge in [-0.2, -0.15) is 0 Å². The number of rotatable bonds is 2. The van der Waals surface area contributed by atoms with Crippen LogP contribution in [0.4, 0.5) is 17.1 Å². The molecule has 0 saturated carbocycles. The van der Waals surface area contributed by atoms with Crippen molar-refractivity contribution in [1.82, 2.24) is 0 Å². The van der Waals surface area contributed by atoms with Gasteiger partial charge in [0, 0.05) is 5.69 Å². The zero-order chi connectivity index (χ0) is 11.5. The summed E-state index contributed by atoms with van der Waals surface area (Å²) >= 11 is 0. The first-order chi connectivity index (χ1) is 7.66. The quantitative estimate of drug-likeness (QED) is 0.746. The molecule has 2 aromatic carbocycles. The van der Waals surface area contributed by atoms with Gasteiger partial charge in [-0.1, -0.05) is 24.3 Å². The van der Waals surface area contributed by atoms with Gasteiger partial charge in [0.15, 0.2) is 0 Å². The molecule has 0 heterocycles. The first-order valence-electron chi connectivity index (χ1n) is 5.35. The average Bonchev–Trinajstić information content (AvgIpc) is 2.25. The predicted molar refractivity (Wildman–Crippen MR) is 70.1 cm³/mol. The van der Waals surface area contributed by atoms with Crippen LogP contribution in [-0.2, 0) is 0 Å². The number of anilines is 3. The number of benzene rings is 2. The standard InChI is InChI=1S/C14H16N2/c1-10-7-8-14(12(15)9-10)16-13-6-4-3-5-11(13)2/h3-9,16H,15H2,1-2H3. The maximum Gasteiger partial charge on any atom is 0.0618 e. The fourth-order valence-corrected chi connectivity index (χ4v) is 1.65. The van der Waals surface area contributed by atoms with Gasteiger partial charge in [-0.15, -0.1) is 0 Å². The summed E-state index contributed by atoms with van der Waals surface area (Å²) < 4.78 is 0. The second kappa shape index (κ2) is 4.27. The van der Waals surface area contributed by atoms with Crippen LogP contribution in [0.25, 0.3) is 0 Å². The molecule has 2 nitrogen and oxygen atoms in total. The molecule has 0 radical (unpaired) electrons. The van der Waals surface area contributed by atoms with Gasteiger partial charge in [0.1, 0.15) is 0 Å². The first-order valence-corrected chi connectivity index (χ1v) is 5.35.